The summed E-state index contributed by atoms with van der Waals surface area (Å²) in [7, 11) is 0. The Morgan fingerprint density at radius 1 is 1.00 bits per heavy atom. The number of hydrogen-bond acceptors (Lipinski definition) is 4. The summed E-state index contributed by atoms with van der Waals surface area (Å²) in [5.41, 5.74) is 7.35. The fourth-order valence-corrected chi connectivity index (χ4v) is 5.14. The highest BCUT2D eigenvalue weighted by Crippen LogP contribution is 2.40. The summed E-state index contributed by atoms with van der Waals surface area (Å²) < 4.78 is 0. The number of carbonyl (C=O) groups is 2. The van der Waals surface area contributed by atoms with E-state index in [1.165, 1.54) is 16.9 Å². The first-order valence-electron chi connectivity index (χ1n) is 11.2. The van der Waals surface area contributed by atoms with Gasteiger partial charge in [0.15, 0.2) is 5.13 Å². The lowest BCUT2D eigenvalue weighted by Gasteiger charge is -2.30. The number of nitrogens with zero attached hydrogens (tertiary/aromatic N) is 2. The van der Waals surface area contributed by atoms with Crippen LogP contribution >= 0.6 is 11.3 Å². The molecule has 2 heterocycles. The molecule has 0 saturated heterocycles. The minimum Gasteiger partial charge on any atom is -0.326 e. The summed E-state index contributed by atoms with van der Waals surface area (Å²) in [4.78, 5) is 33.2. The molecule has 1 aromatic heterocycles. The maximum atomic E-state index is 14.2. The second kappa shape index (κ2) is 8.88. The van der Waals surface area contributed by atoms with Crippen LogP contribution in [0, 0.1) is 20.8 Å². The van der Waals surface area contributed by atoms with Crippen LogP contribution in [0.15, 0.2) is 72.1 Å². The van der Waals surface area contributed by atoms with Gasteiger partial charge in [-0.3, -0.25) is 14.5 Å². The van der Waals surface area contributed by atoms with Crippen LogP contribution in [-0.2, 0) is 9.59 Å². The highest BCUT2D eigenvalue weighted by atomic mass is 32.1. The van der Waals surface area contributed by atoms with Crippen LogP contribution in [0.1, 0.15) is 34.6 Å². The maximum absolute atomic E-state index is 14.2. The zero-order valence-electron chi connectivity index (χ0n) is 19.3. The van der Waals surface area contributed by atoms with E-state index in [1.54, 1.807) is 4.90 Å². The summed E-state index contributed by atoms with van der Waals surface area (Å²) in [6, 6.07) is 21.8. The molecule has 34 heavy (non-hydrogen) atoms. The summed E-state index contributed by atoms with van der Waals surface area (Å²) in [6.07, 6.45) is 0.105. The number of anilines is 3. The van der Waals surface area contributed by atoms with E-state index in [-0.39, 0.29) is 18.2 Å². The molecule has 0 radical (unpaired) electrons. The van der Waals surface area contributed by atoms with Gasteiger partial charge in [-0.2, -0.15) is 0 Å². The topological polar surface area (TPSA) is 62.3 Å². The summed E-state index contributed by atoms with van der Waals surface area (Å²) in [5, 5.41) is 5.47. The molecule has 1 atom stereocenters. The van der Waals surface area contributed by atoms with Crippen molar-refractivity contribution >= 4 is 39.7 Å². The average Bonchev–Trinajstić information content (AvgIpc) is 3.31. The minimum atomic E-state index is -0.586. The van der Waals surface area contributed by atoms with Crippen molar-refractivity contribution in [3.63, 3.8) is 0 Å². The Labute approximate surface area is 203 Å². The lowest BCUT2D eigenvalue weighted by atomic mass is 9.89. The molecule has 1 aliphatic heterocycles. The van der Waals surface area contributed by atoms with Gasteiger partial charge in [0.25, 0.3) is 0 Å². The molecule has 5 rings (SSSR count). The molecule has 0 spiro atoms. The molecule has 5 nitrogen and oxygen atoms in total. The number of hydrogen-bond donors (Lipinski definition) is 1. The molecule has 1 unspecified atom stereocenters. The van der Waals surface area contributed by atoms with Crippen molar-refractivity contribution in [2.24, 2.45) is 0 Å². The predicted octanol–water partition coefficient (Wildman–Crippen LogP) is 6.53. The van der Waals surface area contributed by atoms with E-state index in [2.05, 4.69) is 24.4 Å². The summed E-state index contributed by atoms with van der Waals surface area (Å²) in [6.45, 7) is 6.05. The van der Waals surface area contributed by atoms with Crippen LogP contribution in [0.5, 0.6) is 0 Å². The molecule has 1 N–H and O–H groups in total. The molecule has 0 fully saturated rings. The molecule has 0 aliphatic carbocycles. The first-order valence-corrected chi connectivity index (χ1v) is 12.1. The molecule has 0 bridgehead atoms. The lowest BCUT2D eigenvalue weighted by Crippen LogP contribution is -2.36. The predicted molar refractivity (Wildman–Crippen MR) is 138 cm³/mol. The number of rotatable bonds is 4. The van der Waals surface area contributed by atoms with Crippen molar-refractivity contribution < 1.29 is 9.59 Å². The number of aromatic nitrogens is 1. The molecule has 2 amide bonds. The number of fused-ring (bicyclic) bond motifs is 1. The van der Waals surface area contributed by atoms with Crippen LogP contribution in [0.25, 0.3) is 11.3 Å². The zero-order valence-corrected chi connectivity index (χ0v) is 20.1. The monoisotopic (exact) mass is 467 g/mol. The number of aryl methyl sites for hydroxylation is 3. The number of carbonyl (C=O) groups excluding carboxylic acids is 2. The Balaban J connectivity index is 1.62. The van der Waals surface area contributed by atoms with Crippen molar-refractivity contribution in [1.29, 1.82) is 0 Å². The van der Waals surface area contributed by atoms with Crippen molar-refractivity contribution in [2.75, 3.05) is 10.2 Å². The van der Waals surface area contributed by atoms with Crippen LogP contribution in [0.2, 0.25) is 0 Å². The zero-order chi connectivity index (χ0) is 23.8. The molecule has 4 aromatic rings. The molecular weight excluding hydrogens is 442 g/mol. The fourth-order valence-electron chi connectivity index (χ4n) is 4.29. The van der Waals surface area contributed by atoms with E-state index in [1.807, 2.05) is 73.8 Å². The van der Waals surface area contributed by atoms with Gasteiger partial charge in [0.2, 0.25) is 11.8 Å². The van der Waals surface area contributed by atoms with E-state index < -0.39 is 5.92 Å². The van der Waals surface area contributed by atoms with Gasteiger partial charge in [-0.25, -0.2) is 4.98 Å². The maximum Gasteiger partial charge on any atom is 0.241 e. The van der Waals surface area contributed by atoms with E-state index >= 15 is 0 Å². The van der Waals surface area contributed by atoms with Gasteiger partial charge >= 0.3 is 0 Å². The number of thiazole rings is 1. The third-order valence-corrected chi connectivity index (χ3v) is 6.98. The summed E-state index contributed by atoms with van der Waals surface area (Å²) in [5.74, 6) is -0.894. The van der Waals surface area contributed by atoms with E-state index in [9.17, 15) is 9.59 Å². The van der Waals surface area contributed by atoms with Gasteiger partial charge < -0.3 is 5.32 Å². The third-order valence-electron chi connectivity index (χ3n) is 6.15. The Morgan fingerprint density at radius 2 is 1.74 bits per heavy atom. The quantitative estimate of drug-likeness (QED) is 0.371. The highest BCUT2D eigenvalue weighted by molar-refractivity contribution is 7.14. The molecule has 0 saturated carbocycles. The highest BCUT2D eigenvalue weighted by Gasteiger charge is 2.36. The van der Waals surface area contributed by atoms with Crippen molar-refractivity contribution in [1.82, 2.24) is 4.98 Å². The largest absolute Gasteiger partial charge is 0.326 e. The first-order chi connectivity index (χ1) is 16.4. The van der Waals surface area contributed by atoms with E-state index in [0.717, 1.165) is 33.6 Å². The van der Waals surface area contributed by atoms with Gasteiger partial charge in [-0.1, -0.05) is 60.2 Å². The fraction of sp³-hybridized carbons (Fsp3) is 0.179. The average molecular weight is 468 g/mol. The SMILES string of the molecule is Cc1ccc(-c2csc(N(C(=O)C3CC(=O)Nc4ccccc43)c3cc(C)ccc3C)n2)cc1. The Morgan fingerprint density at radius 3 is 2.53 bits per heavy atom. The molecular formula is C28H25N3O2S. The van der Waals surface area contributed by atoms with Crippen molar-refractivity contribution in [3.8, 4) is 11.3 Å². The van der Waals surface area contributed by atoms with Gasteiger partial charge in [-0.05, 0) is 49.6 Å². The van der Waals surface area contributed by atoms with Crippen molar-refractivity contribution in [2.45, 2.75) is 33.1 Å². The number of amides is 2. The van der Waals surface area contributed by atoms with Gasteiger partial charge in [0, 0.05) is 23.1 Å². The number of nitrogens with one attached hydrogen (secondary N) is 1. The van der Waals surface area contributed by atoms with E-state index in [0.29, 0.717) is 10.8 Å². The Hall–Kier alpha value is -3.77. The second-order valence-corrected chi connectivity index (χ2v) is 9.57. The molecule has 170 valence electrons. The molecule has 6 heteroatoms. The number of benzene rings is 3. The smallest absolute Gasteiger partial charge is 0.241 e. The Bertz CT molecular complexity index is 1390. The molecule has 1 aliphatic rings. The van der Waals surface area contributed by atoms with Crippen LogP contribution in [0.4, 0.5) is 16.5 Å². The standard InChI is InChI=1S/C28H25N3O2S/c1-17-9-12-20(13-10-17)24-16-34-28(30-24)31(25-14-18(2)8-11-19(25)3)27(33)22-15-26(32)29-23-7-5-4-6-21(22)23/h4-14,16,22H,15H2,1-3H3,(H,29,32). The number of para-hydroxylation sites is 1. The Kier molecular flexibility index (Phi) is 5.75. The first kappa shape index (κ1) is 22.0. The lowest BCUT2D eigenvalue weighted by molar-refractivity contribution is -0.124. The van der Waals surface area contributed by atoms with Crippen LogP contribution in [-0.4, -0.2) is 16.8 Å². The normalized spacial score (nSPS) is 14.9. The van der Waals surface area contributed by atoms with Crippen molar-refractivity contribution in [3.05, 3.63) is 94.4 Å². The van der Waals surface area contributed by atoms with Crippen LogP contribution in [0.3, 0.4) is 0 Å². The van der Waals surface area contributed by atoms with E-state index in [4.69, 9.17) is 4.98 Å². The van der Waals surface area contributed by atoms with Gasteiger partial charge in [0.1, 0.15) is 0 Å². The third kappa shape index (κ3) is 4.13. The minimum absolute atomic E-state index is 0.105. The molecule has 3 aromatic carbocycles. The van der Waals surface area contributed by atoms with Crippen LogP contribution < -0.4 is 10.2 Å². The second-order valence-electron chi connectivity index (χ2n) is 8.74. The van der Waals surface area contributed by atoms with Gasteiger partial charge in [-0.15, -0.1) is 11.3 Å². The summed E-state index contributed by atoms with van der Waals surface area (Å²) >= 11 is 1.43. The van der Waals surface area contributed by atoms with Gasteiger partial charge in [0.05, 0.1) is 17.3 Å².